The maximum absolute atomic E-state index is 6.24. The van der Waals surface area contributed by atoms with E-state index in [1.165, 1.54) is 5.56 Å². The lowest BCUT2D eigenvalue weighted by Gasteiger charge is -2.37. The zero-order valence-corrected chi connectivity index (χ0v) is 16.1. The van der Waals surface area contributed by atoms with Crippen molar-refractivity contribution >= 4 is 29.4 Å². The number of morpholine rings is 1. The maximum atomic E-state index is 6.24. The SMILES string of the molecule is Cc1ccc2c(N)c(NCC[N+]3(C)CCOCC3)nn2c1C.Cl.[Cl-]. The number of nitrogens with one attached hydrogen (secondary N) is 1. The number of aryl methyl sites for hydroxylation is 2. The van der Waals surface area contributed by atoms with Crippen molar-refractivity contribution in [1.29, 1.82) is 0 Å². The van der Waals surface area contributed by atoms with Crippen molar-refractivity contribution in [2.24, 2.45) is 0 Å². The summed E-state index contributed by atoms with van der Waals surface area (Å²) in [5.74, 6) is 0.786. The van der Waals surface area contributed by atoms with Gasteiger partial charge in [-0.05, 0) is 25.5 Å². The number of likely N-dealkylation sites (N-methyl/N-ethyl adjacent to an activating group) is 1. The monoisotopic (exact) mass is 375 g/mol. The van der Waals surface area contributed by atoms with Crippen LogP contribution in [0, 0.1) is 13.8 Å². The molecule has 0 amide bonds. The summed E-state index contributed by atoms with van der Waals surface area (Å²) in [7, 11) is 2.28. The molecular formula is C16H27Cl2N5O. The van der Waals surface area contributed by atoms with Gasteiger partial charge in [-0.15, -0.1) is 17.5 Å². The van der Waals surface area contributed by atoms with Crippen molar-refractivity contribution in [3.63, 3.8) is 0 Å². The Balaban J connectivity index is 0.00000144. The van der Waals surface area contributed by atoms with Crippen molar-refractivity contribution in [3.8, 4) is 0 Å². The molecule has 0 bridgehead atoms. The van der Waals surface area contributed by atoms with E-state index in [-0.39, 0.29) is 24.8 Å². The second-order valence-corrected chi connectivity index (χ2v) is 6.49. The van der Waals surface area contributed by atoms with Gasteiger partial charge in [0.15, 0.2) is 5.82 Å². The first-order chi connectivity index (χ1) is 10.5. The Bertz CT molecular complexity index is 683. The minimum Gasteiger partial charge on any atom is -1.00 e. The van der Waals surface area contributed by atoms with Gasteiger partial charge in [0.2, 0.25) is 0 Å². The standard InChI is InChI=1S/C16H26N5O.2ClH/c1-12-4-5-14-15(17)16(19-20(14)13(12)2)18-6-7-21(3)8-10-22-11-9-21;;/h4-5H,6-11,17H2,1-3H3,(H,18,19);2*1H/q+1;;/p-1. The summed E-state index contributed by atoms with van der Waals surface area (Å²) in [6.45, 7) is 9.91. The zero-order chi connectivity index (χ0) is 15.7. The van der Waals surface area contributed by atoms with Gasteiger partial charge in [-0.2, -0.15) is 0 Å². The molecule has 1 fully saturated rings. The number of halogens is 2. The molecule has 8 heteroatoms. The highest BCUT2D eigenvalue weighted by Gasteiger charge is 2.24. The Morgan fingerprint density at radius 3 is 2.62 bits per heavy atom. The molecule has 0 aliphatic carbocycles. The minimum atomic E-state index is 0. The number of hydrogen-bond donors (Lipinski definition) is 2. The molecule has 0 unspecified atom stereocenters. The highest BCUT2D eigenvalue weighted by molar-refractivity contribution is 5.85. The first kappa shape index (κ1) is 20.8. The molecule has 1 aliphatic heterocycles. The van der Waals surface area contributed by atoms with Gasteiger partial charge in [0.1, 0.15) is 18.8 Å². The largest absolute Gasteiger partial charge is 1.00 e. The van der Waals surface area contributed by atoms with E-state index in [1.54, 1.807) is 0 Å². The van der Waals surface area contributed by atoms with Gasteiger partial charge in [0.25, 0.3) is 0 Å². The van der Waals surface area contributed by atoms with Crippen LogP contribution >= 0.6 is 12.4 Å². The van der Waals surface area contributed by atoms with Crippen LogP contribution < -0.4 is 23.5 Å². The molecule has 2 aromatic heterocycles. The predicted molar refractivity (Wildman–Crippen MR) is 96.4 cm³/mol. The smallest absolute Gasteiger partial charge is 0.172 e. The van der Waals surface area contributed by atoms with Gasteiger partial charge < -0.3 is 32.7 Å². The molecule has 0 radical (unpaired) electrons. The van der Waals surface area contributed by atoms with E-state index in [2.05, 4.69) is 37.4 Å². The molecule has 0 aromatic carbocycles. The van der Waals surface area contributed by atoms with Gasteiger partial charge in [-0.25, -0.2) is 4.52 Å². The molecular weight excluding hydrogens is 349 g/mol. The topological polar surface area (TPSA) is 64.6 Å². The molecule has 0 saturated carbocycles. The van der Waals surface area contributed by atoms with E-state index in [0.717, 1.165) is 66.6 Å². The Morgan fingerprint density at radius 2 is 1.96 bits per heavy atom. The lowest BCUT2D eigenvalue weighted by Crippen LogP contribution is -3.00. The normalized spacial score (nSPS) is 16.3. The third-order valence-corrected chi connectivity index (χ3v) is 4.83. The van der Waals surface area contributed by atoms with Crippen LogP contribution in [0.3, 0.4) is 0 Å². The average molecular weight is 376 g/mol. The number of fused-ring (bicyclic) bond motifs is 1. The van der Waals surface area contributed by atoms with Gasteiger partial charge in [0.05, 0.1) is 38.9 Å². The predicted octanol–water partition coefficient (Wildman–Crippen LogP) is -1.15. The molecule has 2 aromatic rings. The van der Waals surface area contributed by atoms with Gasteiger partial charge >= 0.3 is 0 Å². The molecule has 6 nitrogen and oxygen atoms in total. The first-order valence-corrected chi connectivity index (χ1v) is 7.90. The summed E-state index contributed by atoms with van der Waals surface area (Å²) >= 11 is 0. The summed E-state index contributed by atoms with van der Waals surface area (Å²) in [5.41, 5.74) is 10.3. The number of anilines is 2. The molecule has 0 spiro atoms. The maximum Gasteiger partial charge on any atom is 0.172 e. The van der Waals surface area contributed by atoms with E-state index in [4.69, 9.17) is 10.5 Å². The first-order valence-electron chi connectivity index (χ1n) is 7.90. The van der Waals surface area contributed by atoms with Crippen molar-refractivity contribution < 1.29 is 21.6 Å². The second kappa shape index (κ2) is 8.25. The Labute approximate surface area is 155 Å². The van der Waals surface area contributed by atoms with Crippen LogP contribution in [0.1, 0.15) is 11.3 Å². The number of nitrogens with zero attached hydrogens (tertiary/aromatic N) is 3. The fraction of sp³-hybridized carbons (Fsp3) is 0.562. The van der Waals surface area contributed by atoms with E-state index >= 15 is 0 Å². The Morgan fingerprint density at radius 1 is 1.29 bits per heavy atom. The summed E-state index contributed by atoms with van der Waals surface area (Å²) in [6, 6.07) is 4.12. The third kappa shape index (κ3) is 4.06. The summed E-state index contributed by atoms with van der Waals surface area (Å²) in [4.78, 5) is 0. The number of nitrogens with two attached hydrogens (primary N) is 1. The number of hydrogen-bond acceptors (Lipinski definition) is 4. The highest BCUT2D eigenvalue weighted by atomic mass is 35.5. The molecule has 0 atom stereocenters. The van der Waals surface area contributed by atoms with Crippen molar-refractivity contribution in [1.82, 2.24) is 9.61 Å². The van der Waals surface area contributed by atoms with Gasteiger partial charge in [-0.1, -0.05) is 6.07 Å². The second-order valence-electron chi connectivity index (χ2n) is 6.49. The van der Waals surface area contributed by atoms with E-state index in [1.807, 2.05) is 10.6 Å². The third-order valence-electron chi connectivity index (χ3n) is 4.83. The summed E-state index contributed by atoms with van der Waals surface area (Å²) in [5, 5.41) is 8.04. The van der Waals surface area contributed by atoms with Crippen molar-refractivity contribution in [3.05, 3.63) is 23.4 Å². The quantitative estimate of drug-likeness (QED) is 0.662. The summed E-state index contributed by atoms with van der Waals surface area (Å²) < 4.78 is 8.41. The summed E-state index contributed by atoms with van der Waals surface area (Å²) in [6.07, 6.45) is 0. The molecule has 3 rings (SSSR count). The zero-order valence-electron chi connectivity index (χ0n) is 14.5. The number of pyridine rings is 1. The molecule has 1 saturated heterocycles. The van der Waals surface area contributed by atoms with Crippen LogP contribution in [-0.2, 0) is 4.74 Å². The molecule has 24 heavy (non-hydrogen) atoms. The number of aromatic nitrogens is 2. The molecule has 3 heterocycles. The van der Waals surface area contributed by atoms with Crippen molar-refractivity contribution in [2.75, 3.05) is 57.5 Å². The van der Waals surface area contributed by atoms with Crippen LogP contribution in [0.2, 0.25) is 0 Å². The van der Waals surface area contributed by atoms with E-state index in [0.29, 0.717) is 0 Å². The molecule has 1 aliphatic rings. The number of ether oxygens (including phenoxy) is 1. The minimum absolute atomic E-state index is 0. The van der Waals surface area contributed by atoms with E-state index in [9.17, 15) is 0 Å². The number of nitrogen functional groups attached to an aromatic ring is 1. The van der Waals surface area contributed by atoms with Crippen LogP contribution in [0.4, 0.5) is 11.5 Å². The number of rotatable bonds is 4. The lowest BCUT2D eigenvalue weighted by atomic mass is 10.2. The molecule has 136 valence electrons. The van der Waals surface area contributed by atoms with E-state index < -0.39 is 0 Å². The Hall–Kier alpha value is -1.21. The van der Waals surface area contributed by atoms with Crippen LogP contribution in [-0.4, -0.2) is 60.5 Å². The fourth-order valence-corrected chi connectivity index (χ4v) is 2.93. The van der Waals surface area contributed by atoms with Crippen LogP contribution in [0.5, 0.6) is 0 Å². The molecule has 3 N–H and O–H groups in total. The lowest BCUT2D eigenvalue weighted by molar-refractivity contribution is -0.915. The highest BCUT2D eigenvalue weighted by Crippen LogP contribution is 2.25. The van der Waals surface area contributed by atoms with Crippen molar-refractivity contribution in [2.45, 2.75) is 13.8 Å². The van der Waals surface area contributed by atoms with Crippen LogP contribution in [0.15, 0.2) is 12.1 Å². The number of quaternary nitrogens is 1. The Kier molecular flexibility index (Phi) is 7.16. The van der Waals surface area contributed by atoms with Crippen LogP contribution in [0.25, 0.3) is 5.52 Å². The fourth-order valence-electron chi connectivity index (χ4n) is 2.93. The average Bonchev–Trinajstić information content (AvgIpc) is 2.81. The van der Waals surface area contributed by atoms with Gasteiger partial charge in [0, 0.05) is 5.69 Å². The van der Waals surface area contributed by atoms with Gasteiger partial charge in [-0.3, -0.25) is 0 Å².